The first-order chi connectivity index (χ1) is 12.7. The summed E-state index contributed by atoms with van der Waals surface area (Å²) in [5.74, 6) is 0.401. The van der Waals surface area contributed by atoms with E-state index in [4.69, 9.17) is 4.74 Å². The highest BCUT2D eigenvalue weighted by atomic mass is 16.5. The Balaban J connectivity index is 1.76. The molecule has 1 aliphatic heterocycles. The number of guanidine groups is 1. The van der Waals surface area contributed by atoms with Gasteiger partial charge in [0.2, 0.25) is 0 Å². The summed E-state index contributed by atoms with van der Waals surface area (Å²) in [5, 5.41) is 6.12. The number of hydrogen-bond donors (Lipinski definition) is 2. The summed E-state index contributed by atoms with van der Waals surface area (Å²) in [6.45, 7) is 4.74. The van der Waals surface area contributed by atoms with Crippen LogP contribution in [0.25, 0.3) is 0 Å². The van der Waals surface area contributed by atoms with Crippen LogP contribution in [0.5, 0.6) is 0 Å². The maximum absolute atomic E-state index is 12.0. The van der Waals surface area contributed by atoms with Crippen molar-refractivity contribution in [1.82, 2.24) is 15.5 Å². The molecule has 1 amide bonds. The van der Waals surface area contributed by atoms with E-state index in [2.05, 4.69) is 20.5 Å². The quantitative estimate of drug-likeness (QED) is 0.345. The van der Waals surface area contributed by atoms with E-state index in [0.29, 0.717) is 31.8 Å². The van der Waals surface area contributed by atoms with Gasteiger partial charge in [-0.25, -0.2) is 0 Å². The minimum atomic E-state index is -0.136. The fourth-order valence-electron chi connectivity index (χ4n) is 3.00. The van der Waals surface area contributed by atoms with Gasteiger partial charge in [0, 0.05) is 38.8 Å². The van der Waals surface area contributed by atoms with Gasteiger partial charge in [-0.3, -0.25) is 14.6 Å². The Hall–Kier alpha value is -2.57. The highest BCUT2D eigenvalue weighted by molar-refractivity contribution is 5.94. The Morgan fingerprint density at radius 3 is 2.65 bits per heavy atom. The van der Waals surface area contributed by atoms with Gasteiger partial charge in [0.05, 0.1) is 12.5 Å². The molecule has 142 valence electrons. The molecule has 2 rings (SSSR count). The van der Waals surface area contributed by atoms with Crippen LogP contribution < -0.4 is 10.6 Å². The number of carbonyl (C=O) groups excluding carboxylic acids is 2. The summed E-state index contributed by atoms with van der Waals surface area (Å²) in [5.41, 5.74) is 0.644. The maximum Gasteiger partial charge on any atom is 0.310 e. The van der Waals surface area contributed by atoms with Crippen molar-refractivity contribution in [3.05, 3.63) is 35.9 Å². The van der Waals surface area contributed by atoms with Crippen molar-refractivity contribution in [3.63, 3.8) is 0 Å². The number of piperidine rings is 1. The molecule has 0 aliphatic carbocycles. The summed E-state index contributed by atoms with van der Waals surface area (Å²) >= 11 is 0. The summed E-state index contributed by atoms with van der Waals surface area (Å²) in [6, 6.07) is 9.12. The molecule has 1 heterocycles. The fraction of sp³-hybridized carbons (Fsp3) is 0.526. The standard InChI is InChI=1S/C19H28N4O3/c1-3-26-18(25)16-10-7-13-23(14-16)19(20-2)22-12-11-21-17(24)15-8-5-4-6-9-15/h4-6,8-9,16H,3,7,10-14H2,1-2H3,(H,20,22)(H,21,24). The molecule has 1 aliphatic rings. The number of benzene rings is 1. The molecular weight excluding hydrogens is 332 g/mol. The molecule has 0 spiro atoms. The summed E-state index contributed by atoms with van der Waals surface area (Å²) in [7, 11) is 1.72. The zero-order chi connectivity index (χ0) is 18.8. The second-order valence-corrected chi connectivity index (χ2v) is 6.13. The van der Waals surface area contributed by atoms with Crippen LogP contribution in [0.2, 0.25) is 0 Å². The van der Waals surface area contributed by atoms with Gasteiger partial charge < -0.3 is 20.3 Å². The number of likely N-dealkylation sites (tertiary alicyclic amines) is 1. The topological polar surface area (TPSA) is 83.0 Å². The molecule has 0 aromatic heterocycles. The molecule has 0 bridgehead atoms. The predicted octanol–water partition coefficient (Wildman–Crippen LogP) is 1.27. The second kappa shape index (κ2) is 10.4. The highest BCUT2D eigenvalue weighted by Gasteiger charge is 2.28. The van der Waals surface area contributed by atoms with Gasteiger partial charge in [0.25, 0.3) is 5.91 Å². The monoisotopic (exact) mass is 360 g/mol. The molecular formula is C19H28N4O3. The largest absolute Gasteiger partial charge is 0.466 e. The molecule has 0 saturated carbocycles. The number of hydrogen-bond acceptors (Lipinski definition) is 4. The van der Waals surface area contributed by atoms with Crippen LogP contribution in [0, 0.1) is 5.92 Å². The molecule has 7 heteroatoms. The minimum Gasteiger partial charge on any atom is -0.466 e. The number of aliphatic imine (C=N–C) groups is 1. The number of rotatable bonds is 6. The molecule has 1 aromatic rings. The summed E-state index contributed by atoms with van der Waals surface area (Å²) in [4.78, 5) is 30.3. The molecule has 0 radical (unpaired) electrons. The van der Waals surface area contributed by atoms with Gasteiger partial charge in [-0.1, -0.05) is 18.2 Å². The van der Waals surface area contributed by atoms with Crippen LogP contribution in [0.4, 0.5) is 0 Å². The molecule has 1 fully saturated rings. The van der Waals surface area contributed by atoms with E-state index >= 15 is 0 Å². The molecule has 1 saturated heterocycles. The smallest absolute Gasteiger partial charge is 0.310 e. The molecule has 26 heavy (non-hydrogen) atoms. The highest BCUT2D eigenvalue weighted by Crippen LogP contribution is 2.17. The average molecular weight is 360 g/mol. The van der Waals surface area contributed by atoms with Crippen LogP contribution in [0.3, 0.4) is 0 Å². The third-order valence-corrected chi connectivity index (χ3v) is 4.28. The Kier molecular flexibility index (Phi) is 7.92. The van der Waals surface area contributed by atoms with Crippen LogP contribution in [0.15, 0.2) is 35.3 Å². The van der Waals surface area contributed by atoms with Crippen LogP contribution in [-0.2, 0) is 9.53 Å². The third-order valence-electron chi connectivity index (χ3n) is 4.28. The zero-order valence-electron chi connectivity index (χ0n) is 15.5. The average Bonchev–Trinajstić information content (AvgIpc) is 2.69. The second-order valence-electron chi connectivity index (χ2n) is 6.13. The lowest BCUT2D eigenvalue weighted by Crippen LogP contribution is -2.49. The summed E-state index contributed by atoms with van der Waals surface area (Å²) in [6.07, 6.45) is 1.77. The Bertz CT molecular complexity index is 618. The molecule has 1 atom stereocenters. The van der Waals surface area contributed by atoms with Crippen molar-refractivity contribution >= 4 is 17.8 Å². The van der Waals surface area contributed by atoms with E-state index in [-0.39, 0.29) is 17.8 Å². The van der Waals surface area contributed by atoms with E-state index < -0.39 is 0 Å². The van der Waals surface area contributed by atoms with E-state index in [1.165, 1.54) is 0 Å². The fourth-order valence-corrected chi connectivity index (χ4v) is 3.00. The number of nitrogens with one attached hydrogen (secondary N) is 2. The first kappa shape index (κ1) is 19.8. The van der Waals surface area contributed by atoms with Crippen molar-refractivity contribution < 1.29 is 14.3 Å². The number of ether oxygens (including phenoxy) is 1. The first-order valence-corrected chi connectivity index (χ1v) is 9.11. The maximum atomic E-state index is 12.0. The molecule has 1 aromatic carbocycles. The lowest BCUT2D eigenvalue weighted by molar-refractivity contribution is -0.149. The van der Waals surface area contributed by atoms with Crippen LogP contribution in [-0.4, -0.2) is 62.6 Å². The van der Waals surface area contributed by atoms with Crippen molar-refractivity contribution in [2.24, 2.45) is 10.9 Å². The van der Waals surface area contributed by atoms with Gasteiger partial charge in [-0.05, 0) is 31.9 Å². The van der Waals surface area contributed by atoms with Crippen molar-refractivity contribution in [2.75, 3.05) is 39.8 Å². The molecule has 7 nitrogen and oxygen atoms in total. The van der Waals surface area contributed by atoms with Crippen LogP contribution in [0.1, 0.15) is 30.1 Å². The number of amides is 1. The molecule has 2 N–H and O–H groups in total. The summed E-state index contributed by atoms with van der Waals surface area (Å²) < 4.78 is 5.14. The minimum absolute atomic E-state index is 0.0947. The van der Waals surface area contributed by atoms with Gasteiger partial charge in [-0.15, -0.1) is 0 Å². The van der Waals surface area contributed by atoms with Gasteiger partial charge in [0.15, 0.2) is 5.96 Å². The van der Waals surface area contributed by atoms with Gasteiger partial charge in [-0.2, -0.15) is 0 Å². The Morgan fingerprint density at radius 1 is 1.23 bits per heavy atom. The number of carbonyl (C=O) groups is 2. The Labute approximate surface area is 154 Å². The molecule has 1 unspecified atom stereocenters. The lowest BCUT2D eigenvalue weighted by atomic mass is 9.98. The normalized spacial score (nSPS) is 17.5. The number of esters is 1. The van der Waals surface area contributed by atoms with Crippen molar-refractivity contribution in [3.8, 4) is 0 Å². The van der Waals surface area contributed by atoms with Gasteiger partial charge >= 0.3 is 5.97 Å². The SMILES string of the molecule is CCOC(=O)C1CCCN(C(=NC)NCCNC(=O)c2ccccc2)C1. The lowest BCUT2D eigenvalue weighted by Gasteiger charge is -2.33. The van der Waals surface area contributed by atoms with Crippen molar-refractivity contribution in [2.45, 2.75) is 19.8 Å². The number of nitrogens with zero attached hydrogens (tertiary/aromatic N) is 2. The van der Waals surface area contributed by atoms with E-state index in [9.17, 15) is 9.59 Å². The van der Waals surface area contributed by atoms with E-state index in [0.717, 1.165) is 25.3 Å². The predicted molar refractivity (Wildman–Crippen MR) is 101 cm³/mol. The first-order valence-electron chi connectivity index (χ1n) is 9.11. The van der Waals surface area contributed by atoms with Gasteiger partial charge in [0.1, 0.15) is 0 Å². The van der Waals surface area contributed by atoms with E-state index in [1.54, 1.807) is 19.2 Å². The van der Waals surface area contributed by atoms with E-state index in [1.807, 2.05) is 25.1 Å². The third kappa shape index (κ3) is 5.75. The van der Waals surface area contributed by atoms with Crippen LogP contribution >= 0.6 is 0 Å². The Morgan fingerprint density at radius 2 is 1.96 bits per heavy atom. The zero-order valence-corrected chi connectivity index (χ0v) is 15.5. The van der Waals surface area contributed by atoms with Crippen molar-refractivity contribution in [1.29, 1.82) is 0 Å².